The number of methoxy groups -OCH3 is 2. The van der Waals surface area contributed by atoms with E-state index in [4.69, 9.17) is 9.47 Å². The van der Waals surface area contributed by atoms with E-state index in [0.717, 1.165) is 5.56 Å². The molecule has 0 aromatic heterocycles. The van der Waals surface area contributed by atoms with Crippen LogP contribution >= 0.6 is 0 Å². The van der Waals surface area contributed by atoms with Crippen LogP contribution in [0.1, 0.15) is 34.5 Å². The van der Waals surface area contributed by atoms with Crippen molar-refractivity contribution < 1.29 is 18.7 Å². The molecule has 0 spiro atoms. The fraction of sp³-hybridized carbons (Fsp3) is 0.250. The maximum Gasteiger partial charge on any atom is 0.251 e. The Balaban J connectivity index is 2.29. The van der Waals surface area contributed by atoms with E-state index in [2.05, 4.69) is 11.9 Å². The maximum atomic E-state index is 13.4. The molecule has 2 rings (SSSR count). The molecule has 2 aromatic carbocycles. The van der Waals surface area contributed by atoms with Crippen molar-refractivity contribution in [2.24, 2.45) is 0 Å². The molecule has 0 saturated heterocycles. The average molecular weight is 343 g/mol. The van der Waals surface area contributed by atoms with Crippen molar-refractivity contribution >= 4 is 5.91 Å². The van der Waals surface area contributed by atoms with Gasteiger partial charge in [0.05, 0.1) is 20.3 Å². The number of carbonyl (C=O) groups is 1. The minimum absolute atomic E-state index is 0.275. The summed E-state index contributed by atoms with van der Waals surface area (Å²) in [6.45, 7) is 5.53. The van der Waals surface area contributed by atoms with E-state index in [1.807, 2.05) is 0 Å². The van der Waals surface area contributed by atoms with E-state index in [1.54, 1.807) is 44.4 Å². The Morgan fingerprint density at radius 3 is 2.64 bits per heavy atom. The van der Waals surface area contributed by atoms with Gasteiger partial charge in [0.1, 0.15) is 5.82 Å². The van der Waals surface area contributed by atoms with Gasteiger partial charge >= 0.3 is 0 Å². The highest BCUT2D eigenvalue weighted by Gasteiger charge is 2.17. The van der Waals surface area contributed by atoms with Crippen LogP contribution in [0.3, 0.4) is 0 Å². The van der Waals surface area contributed by atoms with E-state index in [9.17, 15) is 9.18 Å². The summed E-state index contributed by atoms with van der Waals surface area (Å²) in [5, 5.41) is 2.87. The molecule has 132 valence electrons. The molecule has 4 nitrogen and oxygen atoms in total. The Morgan fingerprint density at radius 1 is 1.28 bits per heavy atom. The van der Waals surface area contributed by atoms with Crippen LogP contribution in [-0.4, -0.2) is 20.1 Å². The second kappa shape index (κ2) is 8.33. The highest BCUT2D eigenvalue weighted by Crippen LogP contribution is 2.33. The van der Waals surface area contributed by atoms with Crippen LogP contribution in [-0.2, 0) is 6.42 Å². The zero-order chi connectivity index (χ0) is 18.4. The predicted octanol–water partition coefficient (Wildman–Crippen LogP) is 4.06. The number of rotatable bonds is 7. The predicted molar refractivity (Wildman–Crippen MR) is 95.7 cm³/mol. The molecule has 0 saturated carbocycles. The number of nitrogens with one attached hydrogen (secondary N) is 1. The summed E-state index contributed by atoms with van der Waals surface area (Å²) in [6, 6.07) is 9.20. The number of benzene rings is 2. The zero-order valence-electron chi connectivity index (χ0n) is 14.6. The minimum atomic E-state index is -0.335. The molecule has 25 heavy (non-hydrogen) atoms. The average Bonchev–Trinajstić information content (AvgIpc) is 2.61. The highest BCUT2D eigenvalue weighted by molar-refractivity contribution is 5.95. The molecule has 1 atom stereocenters. The van der Waals surface area contributed by atoms with Crippen molar-refractivity contribution in [1.29, 1.82) is 0 Å². The largest absolute Gasteiger partial charge is 0.493 e. The van der Waals surface area contributed by atoms with Gasteiger partial charge < -0.3 is 14.8 Å². The van der Waals surface area contributed by atoms with Crippen molar-refractivity contribution in [2.45, 2.75) is 19.4 Å². The smallest absolute Gasteiger partial charge is 0.251 e. The summed E-state index contributed by atoms with van der Waals surface area (Å²) in [4.78, 5) is 12.6. The number of allylic oxidation sites excluding steroid dienone is 1. The minimum Gasteiger partial charge on any atom is -0.493 e. The zero-order valence-corrected chi connectivity index (χ0v) is 14.6. The summed E-state index contributed by atoms with van der Waals surface area (Å²) >= 11 is 0. The third-order valence-electron chi connectivity index (χ3n) is 3.88. The van der Waals surface area contributed by atoms with Crippen LogP contribution in [0.5, 0.6) is 11.5 Å². The van der Waals surface area contributed by atoms with Gasteiger partial charge in [-0.15, -0.1) is 6.58 Å². The molecule has 0 fully saturated rings. The molecule has 0 heterocycles. The fourth-order valence-corrected chi connectivity index (χ4v) is 2.62. The second-order valence-corrected chi connectivity index (χ2v) is 5.61. The van der Waals surface area contributed by atoms with Gasteiger partial charge in [-0.05, 0) is 43.2 Å². The van der Waals surface area contributed by atoms with Crippen LogP contribution in [0.4, 0.5) is 4.39 Å². The van der Waals surface area contributed by atoms with Gasteiger partial charge in [-0.3, -0.25) is 4.79 Å². The summed E-state index contributed by atoms with van der Waals surface area (Å²) in [5.41, 5.74) is 1.94. The third kappa shape index (κ3) is 4.38. The van der Waals surface area contributed by atoms with Gasteiger partial charge in [0, 0.05) is 11.1 Å². The van der Waals surface area contributed by atoms with Crippen LogP contribution in [0.25, 0.3) is 0 Å². The van der Waals surface area contributed by atoms with Crippen molar-refractivity contribution in [3.05, 3.63) is 71.6 Å². The molecule has 0 bridgehead atoms. The van der Waals surface area contributed by atoms with E-state index < -0.39 is 0 Å². The van der Waals surface area contributed by atoms with E-state index in [1.165, 1.54) is 19.2 Å². The number of hydrogen-bond donors (Lipinski definition) is 1. The second-order valence-electron chi connectivity index (χ2n) is 5.61. The van der Waals surface area contributed by atoms with Crippen LogP contribution in [0, 0.1) is 5.82 Å². The first-order valence-corrected chi connectivity index (χ1v) is 7.92. The van der Waals surface area contributed by atoms with E-state index in [-0.39, 0.29) is 17.8 Å². The Kier molecular flexibility index (Phi) is 6.17. The lowest BCUT2D eigenvalue weighted by Gasteiger charge is -2.17. The molecular weight excluding hydrogens is 321 g/mol. The Bertz CT molecular complexity index is 774. The summed E-state index contributed by atoms with van der Waals surface area (Å²) in [5.74, 6) is 0.448. The first kappa shape index (κ1) is 18.5. The van der Waals surface area contributed by atoms with Gasteiger partial charge in [-0.1, -0.05) is 18.2 Å². The number of hydrogen-bond acceptors (Lipinski definition) is 3. The SMILES string of the molecule is C=CCc1cc(C(=O)NC(C)c2cccc(F)c2)cc(OC)c1OC. The standard InChI is InChI=1S/C20H22FNO3/c1-5-7-15-10-16(12-18(24-3)19(15)25-4)20(23)22-13(2)14-8-6-9-17(21)11-14/h5-6,8-13H,1,7H2,2-4H3,(H,22,23). The lowest BCUT2D eigenvalue weighted by molar-refractivity contribution is 0.0939. The number of carbonyl (C=O) groups excluding carboxylic acids is 1. The summed E-state index contributed by atoms with van der Waals surface area (Å²) < 4.78 is 24.1. The van der Waals surface area contributed by atoms with Crippen LogP contribution in [0.15, 0.2) is 49.1 Å². The van der Waals surface area contributed by atoms with Gasteiger partial charge in [0.15, 0.2) is 11.5 Å². The molecule has 5 heteroatoms. The number of amides is 1. The first-order valence-electron chi connectivity index (χ1n) is 7.92. The molecule has 0 radical (unpaired) electrons. The lowest BCUT2D eigenvalue weighted by atomic mass is 10.0. The Hall–Kier alpha value is -2.82. The molecule has 1 amide bonds. The molecule has 0 aliphatic rings. The number of halogens is 1. The maximum absolute atomic E-state index is 13.4. The molecule has 0 aliphatic heterocycles. The quantitative estimate of drug-likeness (QED) is 0.771. The Morgan fingerprint density at radius 2 is 2.04 bits per heavy atom. The molecule has 2 aromatic rings. The first-order chi connectivity index (χ1) is 12.0. The summed E-state index contributed by atoms with van der Waals surface area (Å²) in [6.07, 6.45) is 2.27. The molecular formula is C20H22FNO3. The highest BCUT2D eigenvalue weighted by atomic mass is 19.1. The van der Waals surface area contributed by atoms with E-state index >= 15 is 0 Å². The summed E-state index contributed by atoms with van der Waals surface area (Å²) in [7, 11) is 3.07. The molecule has 1 unspecified atom stereocenters. The molecule has 0 aliphatic carbocycles. The Labute approximate surface area is 147 Å². The van der Waals surface area contributed by atoms with Gasteiger partial charge in [-0.2, -0.15) is 0 Å². The van der Waals surface area contributed by atoms with Crippen molar-refractivity contribution in [3.8, 4) is 11.5 Å². The normalized spacial score (nSPS) is 11.5. The van der Waals surface area contributed by atoms with Crippen molar-refractivity contribution in [1.82, 2.24) is 5.32 Å². The van der Waals surface area contributed by atoms with Crippen LogP contribution in [0.2, 0.25) is 0 Å². The van der Waals surface area contributed by atoms with Gasteiger partial charge in [-0.25, -0.2) is 4.39 Å². The van der Waals surface area contributed by atoms with Crippen LogP contribution < -0.4 is 14.8 Å². The topological polar surface area (TPSA) is 47.6 Å². The monoisotopic (exact) mass is 343 g/mol. The van der Waals surface area contributed by atoms with Gasteiger partial charge in [0.2, 0.25) is 0 Å². The molecule has 1 N–H and O–H groups in total. The van der Waals surface area contributed by atoms with Crippen molar-refractivity contribution in [3.63, 3.8) is 0 Å². The van der Waals surface area contributed by atoms with Crippen molar-refractivity contribution in [2.75, 3.05) is 14.2 Å². The lowest BCUT2D eigenvalue weighted by Crippen LogP contribution is -2.27. The van der Waals surface area contributed by atoms with Gasteiger partial charge in [0.25, 0.3) is 5.91 Å². The fourth-order valence-electron chi connectivity index (χ4n) is 2.62. The van der Waals surface area contributed by atoms with E-state index in [0.29, 0.717) is 29.0 Å². The number of ether oxygens (including phenoxy) is 2. The third-order valence-corrected chi connectivity index (χ3v) is 3.88.